The van der Waals surface area contributed by atoms with Gasteiger partial charge in [0.25, 0.3) is 6.47 Å². The van der Waals surface area contributed by atoms with Crippen molar-refractivity contribution in [3.63, 3.8) is 0 Å². The Morgan fingerprint density at radius 3 is 2.67 bits per heavy atom. The van der Waals surface area contributed by atoms with Gasteiger partial charge in [-0.15, -0.1) is 0 Å². The van der Waals surface area contributed by atoms with Gasteiger partial charge in [-0.05, 0) is 32.9 Å². The van der Waals surface area contributed by atoms with E-state index in [9.17, 15) is 4.79 Å². The Kier molecular flexibility index (Phi) is 4.08. The topological polar surface area (TPSA) is 29.5 Å². The minimum Gasteiger partial charge on any atom is -0.464 e. The number of hydrogen-bond donors (Lipinski definition) is 0. The predicted molar refractivity (Wildman–Crippen MR) is 46.9 cm³/mol. The molecule has 0 saturated carbocycles. The van der Waals surface area contributed by atoms with E-state index in [0.29, 0.717) is 6.47 Å². The average molecular weight is 171 g/mol. The second kappa shape index (κ2) is 5.14. The number of nitrogens with zero attached hydrogens (tertiary/aromatic N) is 1. The van der Waals surface area contributed by atoms with Crippen molar-refractivity contribution in [2.24, 2.45) is 0 Å². The van der Waals surface area contributed by atoms with Gasteiger partial charge in [-0.1, -0.05) is 6.42 Å². The van der Waals surface area contributed by atoms with Crippen molar-refractivity contribution in [1.29, 1.82) is 0 Å². The first-order chi connectivity index (χ1) is 5.83. The molecule has 1 rings (SSSR count). The van der Waals surface area contributed by atoms with Crippen LogP contribution in [0.3, 0.4) is 0 Å². The second-order valence-electron chi connectivity index (χ2n) is 3.40. The van der Waals surface area contributed by atoms with E-state index < -0.39 is 0 Å². The van der Waals surface area contributed by atoms with Gasteiger partial charge in [-0.2, -0.15) is 0 Å². The average Bonchev–Trinajstić information content (AvgIpc) is 2.06. The van der Waals surface area contributed by atoms with E-state index in [4.69, 9.17) is 4.74 Å². The van der Waals surface area contributed by atoms with Crippen molar-refractivity contribution >= 4 is 6.47 Å². The van der Waals surface area contributed by atoms with E-state index in [-0.39, 0.29) is 6.10 Å². The van der Waals surface area contributed by atoms with Gasteiger partial charge in [0.05, 0.1) is 0 Å². The minimum absolute atomic E-state index is 0.0422. The molecule has 1 aliphatic heterocycles. The van der Waals surface area contributed by atoms with Crippen LogP contribution < -0.4 is 0 Å². The molecule has 0 amide bonds. The summed E-state index contributed by atoms with van der Waals surface area (Å²) in [6.07, 6.45) is 3.96. The third-order valence-electron chi connectivity index (χ3n) is 2.25. The van der Waals surface area contributed by atoms with E-state index in [2.05, 4.69) is 4.90 Å². The first-order valence-corrected chi connectivity index (χ1v) is 4.64. The molecule has 1 aliphatic rings. The molecule has 0 aromatic rings. The molecule has 1 saturated heterocycles. The molecule has 1 unspecified atom stereocenters. The molecule has 3 heteroatoms. The van der Waals surface area contributed by atoms with Crippen molar-refractivity contribution in [1.82, 2.24) is 4.90 Å². The molecule has 12 heavy (non-hydrogen) atoms. The Morgan fingerprint density at radius 1 is 1.42 bits per heavy atom. The van der Waals surface area contributed by atoms with Crippen LogP contribution in [-0.4, -0.2) is 37.1 Å². The van der Waals surface area contributed by atoms with Gasteiger partial charge in [-0.3, -0.25) is 9.69 Å². The summed E-state index contributed by atoms with van der Waals surface area (Å²) >= 11 is 0. The highest BCUT2D eigenvalue weighted by Crippen LogP contribution is 2.09. The predicted octanol–water partition coefficient (Wildman–Crippen LogP) is 1.03. The summed E-state index contributed by atoms with van der Waals surface area (Å²) in [5.74, 6) is 0. The standard InChI is InChI=1S/C9H17NO2/c1-9(12-8-11)7-10-5-3-2-4-6-10/h8-9H,2-7H2,1H3. The van der Waals surface area contributed by atoms with Gasteiger partial charge in [-0.25, -0.2) is 0 Å². The zero-order valence-corrected chi connectivity index (χ0v) is 7.66. The molecule has 0 spiro atoms. The largest absolute Gasteiger partial charge is 0.464 e. The summed E-state index contributed by atoms with van der Waals surface area (Å²) in [5, 5.41) is 0. The summed E-state index contributed by atoms with van der Waals surface area (Å²) in [4.78, 5) is 12.4. The minimum atomic E-state index is 0.0422. The number of piperidine rings is 1. The lowest BCUT2D eigenvalue weighted by Crippen LogP contribution is -2.36. The lowest BCUT2D eigenvalue weighted by molar-refractivity contribution is -0.133. The third-order valence-corrected chi connectivity index (χ3v) is 2.25. The second-order valence-corrected chi connectivity index (χ2v) is 3.40. The smallest absolute Gasteiger partial charge is 0.293 e. The first-order valence-electron chi connectivity index (χ1n) is 4.64. The fourth-order valence-corrected chi connectivity index (χ4v) is 1.64. The summed E-state index contributed by atoms with van der Waals surface area (Å²) in [6.45, 7) is 5.68. The summed E-state index contributed by atoms with van der Waals surface area (Å²) in [7, 11) is 0. The van der Waals surface area contributed by atoms with Crippen molar-refractivity contribution < 1.29 is 9.53 Å². The molecule has 1 atom stereocenters. The van der Waals surface area contributed by atoms with Crippen LogP contribution in [-0.2, 0) is 9.53 Å². The Balaban J connectivity index is 2.15. The van der Waals surface area contributed by atoms with Gasteiger partial charge in [0.1, 0.15) is 6.10 Å². The van der Waals surface area contributed by atoms with Crippen LogP contribution in [0.1, 0.15) is 26.2 Å². The maximum Gasteiger partial charge on any atom is 0.293 e. The third kappa shape index (κ3) is 3.22. The van der Waals surface area contributed by atoms with Crippen LogP contribution in [0.25, 0.3) is 0 Å². The van der Waals surface area contributed by atoms with Crippen LogP contribution in [0.2, 0.25) is 0 Å². The van der Waals surface area contributed by atoms with E-state index in [1.54, 1.807) is 0 Å². The molecule has 0 bridgehead atoms. The van der Waals surface area contributed by atoms with Crippen molar-refractivity contribution in [3.8, 4) is 0 Å². The molecular weight excluding hydrogens is 154 g/mol. The maximum atomic E-state index is 10.0. The van der Waals surface area contributed by atoms with E-state index >= 15 is 0 Å². The molecule has 0 aliphatic carbocycles. The SMILES string of the molecule is CC(CN1CCCCC1)OC=O. The summed E-state index contributed by atoms with van der Waals surface area (Å²) in [5.41, 5.74) is 0. The van der Waals surface area contributed by atoms with Crippen LogP contribution in [0, 0.1) is 0 Å². The van der Waals surface area contributed by atoms with Gasteiger partial charge in [0, 0.05) is 6.54 Å². The molecule has 0 radical (unpaired) electrons. The number of carbonyl (C=O) groups is 1. The van der Waals surface area contributed by atoms with Gasteiger partial charge >= 0.3 is 0 Å². The van der Waals surface area contributed by atoms with Crippen molar-refractivity contribution in [2.45, 2.75) is 32.3 Å². The summed E-state index contributed by atoms with van der Waals surface area (Å²) in [6, 6.07) is 0. The number of ether oxygens (including phenoxy) is 1. The van der Waals surface area contributed by atoms with Crippen LogP contribution in [0.15, 0.2) is 0 Å². The van der Waals surface area contributed by atoms with Crippen LogP contribution in [0.4, 0.5) is 0 Å². The van der Waals surface area contributed by atoms with E-state index in [0.717, 1.165) is 19.6 Å². The van der Waals surface area contributed by atoms with Gasteiger partial charge < -0.3 is 4.74 Å². The fraction of sp³-hybridized carbons (Fsp3) is 0.889. The van der Waals surface area contributed by atoms with E-state index in [1.807, 2.05) is 6.92 Å². The number of carbonyl (C=O) groups excluding carboxylic acids is 1. The molecule has 0 N–H and O–H groups in total. The molecule has 0 aromatic carbocycles. The zero-order valence-electron chi connectivity index (χ0n) is 7.66. The van der Waals surface area contributed by atoms with E-state index in [1.165, 1.54) is 19.3 Å². The Morgan fingerprint density at radius 2 is 2.08 bits per heavy atom. The quantitative estimate of drug-likeness (QED) is 0.592. The Hall–Kier alpha value is -0.570. The normalized spacial score (nSPS) is 21.8. The Bertz CT molecular complexity index is 132. The number of hydrogen-bond acceptors (Lipinski definition) is 3. The molecule has 0 aromatic heterocycles. The van der Waals surface area contributed by atoms with Crippen LogP contribution in [0.5, 0.6) is 0 Å². The first kappa shape index (κ1) is 9.52. The highest BCUT2D eigenvalue weighted by atomic mass is 16.5. The molecule has 3 nitrogen and oxygen atoms in total. The van der Waals surface area contributed by atoms with Crippen LogP contribution >= 0.6 is 0 Å². The molecular formula is C9H17NO2. The highest BCUT2D eigenvalue weighted by molar-refractivity contribution is 5.37. The molecule has 1 heterocycles. The fourth-order valence-electron chi connectivity index (χ4n) is 1.64. The van der Waals surface area contributed by atoms with Crippen molar-refractivity contribution in [2.75, 3.05) is 19.6 Å². The van der Waals surface area contributed by atoms with Gasteiger partial charge in [0.15, 0.2) is 0 Å². The molecule has 70 valence electrons. The monoisotopic (exact) mass is 171 g/mol. The molecule has 1 fully saturated rings. The summed E-state index contributed by atoms with van der Waals surface area (Å²) < 4.78 is 4.82. The zero-order chi connectivity index (χ0) is 8.81. The van der Waals surface area contributed by atoms with Crippen molar-refractivity contribution in [3.05, 3.63) is 0 Å². The lowest BCUT2D eigenvalue weighted by atomic mass is 10.1. The van der Waals surface area contributed by atoms with Gasteiger partial charge in [0.2, 0.25) is 0 Å². The lowest BCUT2D eigenvalue weighted by Gasteiger charge is -2.28. The number of rotatable bonds is 4. The number of likely N-dealkylation sites (tertiary alicyclic amines) is 1. The highest BCUT2D eigenvalue weighted by Gasteiger charge is 2.13. The Labute approximate surface area is 73.7 Å². The maximum absolute atomic E-state index is 10.0.